The predicted octanol–water partition coefficient (Wildman–Crippen LogP) is 2.65. The molecule has 1 aromatic heterocycles. The molecule has 1 saturated heterocycles. The lowest BCUT2D eigenvalue weighted by Gasteiger charge is -2.30. The second-order valence-electron chi connectivity index (χ2n) is 6.65. The molecule has 0 aliphatic carbocycles. The minimum absolute atomic E-state index is 0.0788. The first kappa shape index (κ1) is 15.1. The molecule has 2 atom stereocenters. The molecule has 0 spiro atoms. The van der Waals surface area contributed by atoms with Crippen molar-refractivity contribution in [2.24, 2.45) is 11.3 Å². The van der Waals surface area contributed by atoms with Gasteiger partial charge in [-0.1, -0.05) is 27.7 Å². The third-order valence-electron chi connectivity index (χ3n) is 3.90. The standard InChI is InChI=1S/C16H26N2O2/c1-5-12-6-7-13(20-12)14(16(2,3)4)18-15(19)11-8-9-17-10-11/h6-7,11,14,17H,5,8-10H2,1-4H3,(H,18,19)/t11-,14-/m1/s1. The van der Waals surface area contributed by atoms with E-state index in [4.69, 9.17) is 4.42 Å². The van der Waals surface area contributed by atoms with Crippen molar-refractivity contribution in [3.8, 4) is 0 Å². The van der Waals surface area contributed by atoms with Crippen LogP contribution in [0.4, 0.5) is 0 Å². The lowest BCUT2D eigenvalue weighted by Crippen LogP contribution is -2.40. The normalized spacial score (nSPS) is 20.9. The molecule has 0 aromatic carbocycles. The highest BCUT2D eigenvalue weighted by molar-refractivity contribution is 5.79. The van der Waals surface area contributed by atoms with E-state index in [1.165, 1.54) is 0 Å². The van der Waals surface area contributed by atoms with Crippen molar-refractivity contribution >= 4 is 5.91 Å². The summed E-state index contributed by atoms with van der Waals surface area (Å²) in [7, 11) is 0. The summed E-state index contributed by atoms with van der Waals surface area (Å²) in [5.74, 6) is 2.03. The Balaban J connectivity index is 2.13. The summed E-state index contributed by atoms with van der Waals surface area (Å²) in [4.78, 5) is 12.4. The third kappa shape index (κ3) is 3.42. The van der Waals surface area contributed by atoms with E-state index in [-0.39, 0.29) is 23.3 Å². The summed E-state index contributed by atoms with van der Waals surface area (Å²) in [5.41, 5.74) is -0.0788. The van der Waals surface area contributed by atoms with Crippen LogP contribution in [0.25, 0.3) is 0 Å². The zero-order valence-corrected chi connectivity index (χ0v) is 13.0. The average Bonchev–Trinajstić information content (AvgIpc) is 3.04. The Kier molecular flexibility index (Phi) is 4.53. The van der Waals surface area contributed by atoms with E-state index in [1.807, 2.05) is 12.1 Å². The number of hydrogen-bond donors (Lipinski definition) is 2. The first-order chi connectivity index (χ1) is 9.41. The van der Waals surface area contributed by atoms with Gasteiger partial charge in [-0.05, 0) is 30.5 Å². The van der Waals surface area contributed by atoms with Crippen molar-refractivity contribution < 1.29 is 9.21 Å². The summed E-state index contributed by atoms with van der Waals surface area (Å²) in [5, 5.41) is 6.41. The van der Waals surface area contributed by atoms with E-state index >= 15 is 0 Å². The molecule has 112 valence electrons. The fourth-order valence-corrected chi connectivity index (χ4v) is 2.59. The van der Waals surface area contributed by atoms with Gasteiger partial charge >= 0.3 is 0 Å². The van der Waals surface area contributed by atoms with Crippen LogP contribution in [0, 0.1) is 11.3 Å². The molecular weight excluding hydrogens is 252 g/mol. The van der Waals surface area contributed by atoms with Gasteiger partial charge in [0.2, 0.25) is 5.91 Å². The van der Waals surface area contributed by atoms with E-state index < -0.39 is 0 Å². The molecule has 4 heteroatoms. The maximum Gasteiger partial charge on any atom is 0.225 e. The molecule has 2 rings (SSSR count). The molecule has 20 heavy (non-hydrogen) atoms. The van der Waals surface area contributed by atoms with Crippen LogP contribution in [-0.2, 0) is 11.2 Å². The van der Waals surface area contributed by atoms with Gasteiger partial charge in [0, 0.05) is 13.0 Å². The lowest BCUT2D eigenvalue weighted by atomic mass is 9.85. The van der Waals surface area contributed by atoms with Crippen LogP contribution in [0.2, 0.25) is 0 Å². The molecule has 4 nitrogen and oxygen atoms in total. The topological polar surface area (TPSA) is 54.3 Å². The highest BCUT2D eigenvalue weighted by Gasteiger charge is 2.33. The molecule has 1 aliphatic heterocycles. The number of rotatable bonds is 4. The maximum absolute atomic E-state index is 12.4. The van der Waals surface area contributed by atoms with Crippen LogP contribution >= 0.6 is 0 Å². The molecule has 1 aliphatic rings. The average molecular weight is 278 g/mol. The van der Waals surface area contributed by atoms with Gasteiger partial charge in [0.1, 0.15) is 11.5 Å². The van der Waals surface area contributed by atoms with Gasteiger partial charge in [-0.2, -0.15) is 0 Å². The minimum Gasteiger partial charge on any atom is -0.464 e. The van der Waals surface area contributed by atoms with Crippen LogP contribution in [-0.4, -0.2) is 19.0 Å². The van der Waals surface area contributed by atoms with Crippen molar-refractivity contribution in [3.05, 3.63) is 23.7 Å². The van der Waals surface area contributed by atoms with E-state index in [1.54, 1.807) is 0 Å². The van der Waals surface area contributed by atoms with Crippen molar-refractivity contribution in [1.29, 1.82) is 0 Å². The Bertz CT molecular complexity index is 453. The number of furan rings is 1. The van der Waals surface area contributed by atoms with E-state index in [2.05, 4.69) is 38.3 Å². The molecular formula is C16H26N2O2. The van der Waals surface area contributed by atoms with Crippen molar-refractivity contribution in [3.63, 3.8) is 0 Å². The molecule has 2 N–H and O–H groups in total. The number of nitrogens with one attached hydrogen (secondary N) is 2. The van der Waals surface area contributed by atoms with Gasteiger partial charge < -0.3 is 15.1 Å². The number of aryl methyl sites for hydroxylation is 1. The zero-order chi connectivity index (χ0) is 14.8. The Morgan fingerprint density at radius 2 is 2.25 bits per heavy atom. The van der Waals surface area contributed by atoms with Crippen LogP contribution in [0.3, 0.4) is 0 Å². The summed E-state index contributed by atoms with van der Waals surface area (Å²) in [6, 6.07) is 3.90. The molecule has 0 saturated carbocycles. The third-order valence-corrected chi connectivity index (χ3v) is 3.90. The highest BCUT2D eigenvalue weighted by atomic mass is 16.3. The largest absolute Gasteiger partial charge is 0.464 e. The molecule has 2 heterocycles. The van der Waals surface area contributed by atoms with Gasteiger partial charge in [0.15, 0.2) is 0 Å². The summed E-state index contributed by atoms with van der Waals surface area (Å²) >= 11 is 0. The van der Waals surface area contributed by atoms with Crippen LogP contribution in [0.5, 0.6) is 0 Å². The van der Waals surface area contributed by atoms with Gasteiger partial charge in [0.25, 0.3) is 0 Å². The first-order valence-electron chi connectivity index (χ1n) is 7.51. The van der Waals surface area contributed by atoms with E-state index in [9.17, 15) is 4.79 Å². The molecule has 1 fully saturated rings. The maximum atomic E-state index is 12.4. The van der Waals surface area contributed by atoms with Crippen molar-refractivity contribution in [2.45, 2.75) is 46.6 Å². The fourth-order valence-electron chi connectivity index (χ4n) is 2.59. The Morgan fingerprint density at radius 3 is 2.75 bits per heavy atom. The Morgan fingerprint density at radius 1 is 1.50 bits per heavy atom. The Hall–Kier alpha value is -1.29. The Labute approximate surface area is 121 Å². The van der Waals surface area contributed by atoms with E-state index in [0.717, 1.165) is 37.5 Å². The monoisotopic (exact) mass is 278 g/mol. The van der Waals surface area contributed by atoms with Gasteiger partial charge in [0.05, 0.1) is 12.0 Å². The number of hydrogen-bond acceptors (Lipinski definition) is 3. The minimum atomic E-state index is -0.0871. The number of carbonyl (C=O) groups is 1. The molecule has 0 radical (unpaired) electrons. The van der Waals surface area contributed by atoms with Crippen LogP contribution < -0.4 is 10.6 Å². The van der Waals surface area contributed by atoms with Gasteiger partial charge in [-0.3, -0.25) is 4.79 Å². The summed E-state index contributed by atoms with van der Waals surface area (Å²) < 4.78 is 5.85. The van der Waals surface area contributed by atoms with Crippen LogP contribution in [0.1, 0.15) is 51.7 Å². The summed E-state index contributed by atoms with van der Waals surface area (Å²) in [6.07, 6.45) is 1.79. The number of amides is 1. The van der Waals surface area contributed by atoms with Gasteiger partial charge in [-0.15, -0.1) is 0 Å². The molecule has 1 aromatic rings. The predicted molar refractivity (Wildman–Crippen MR) is 79.4 cm³/mol. The van der Waals surface area contributed by atoms with Crippen molar-refractivity contribution in [2.75, 3.05) is 13.1 Å². The number of carbonyl (C=O) groups excluding carboxylic acids is 1. The lowest BCUT2D eigenvalue weighted by molar-refractivity contribution is -0.126. The summed E-state index contributed by atoms with van der Waals surface area (Å²) in [6.45, 7) is 10.1. The highest BCUT2D eigenvalue weighted by Crippen LogP contribution is 2.34. The van der Waals surface area contributed by atoms with Crippen LogP contribution in [0.15, 0.2) is 16.5 Å². The van der Waals surface area contributed by atoms with E-state index in [0.29, 0.717) is 0 Å². The second-order valence-corrected chi connectivity index (χ2v) is 6.65. The second kappa shape index (κ2) is 6.00. The zero-order valence-electron chi connectivity index (χ0n) is 13.0. The first-order valence-corrected chi connectivity index (χ1v) is 7.51. The molecule has 1 amide bonds. The van der Waals surface area contributed by atoms with Crippen molar-refractivity contribution in [1.82, 2.24) is 10.6 Å². The molecule has 0 bridgehead atoms. The molecule has 0 unspecified atom stereocenters. The quantitative estimate of drug-likeness (QED) is 0.890. The fraction of sp³-hybridized carbons (Fsp3) is 0.688. The van der Waals surface area contributed by atoms with Gasteiger partial charge in [-0.25, -0.2) is 0 Å². The smallest absolute Gasteiger partial charge is 0.225 e. The SMILES string of the molecule is CCc1ccc([C@@H](NC(=O)[C@@H]2CCNC2)C(C)(C)C)o1.